The van der Waals surface area contributed by atoms with Crippen LogP contribution >= 0.6 is 22.5 Å². The van der Waals surface area contributed by atoms with Crippen LogP contribution in [0.1, 0.15) is 0 Å². The van der Waals surface area contributed by atoms with Crippen molar-refractivity contribution < 1.29 is 22.0 Å². The summed E-state index contributed by atoms with van der Waals surface area (Å²) in [4.78, 5) is 0. The van der Waals surface area contributed by atoms with Gasteiger partial charge >= 0.3 is 12.3 Å². The second-order valence-corrected chi connectivity index (χ2v) is 2.65. The van der Waals surface area contributed by atoms with Crippen LogP contribution in [0, 0.1) is 0 Å². The van der Waals surface area contributed by atoms with Crippen molar-refractivity contribution in [2.75, 3.05) is 0 Å². The number of rotatable bonds is 3. The van der Waals surface area contributed by atoms with Crippen molar-refractivity contribution in [2.24, 2.45) is 0 Å². The Morgan fingerprint density at radius 2 is 1.60 bits per heavy atom. The molecule has 0 rings (SSSR count). The normalized spacial score (nSPS) is 15.9. The number of hydrogen-bond acceptors (Lipinski definition) is 2. The Labute approximate surface area is 63.0 Å². The SMILES string of the molecule is FC(F)C(F)(F)C(F)SS. The third-order valence-electron chi connectivity index (χ3n) is 0.686. The molecule has 0 spiro atoms. The van der Waals surface area contributed by atoms with Gasteiger partial charge in [-0.3, -0.25) is 0 Å². The maximum absolute atomic E-state index is 11.8. The Morgan fingerprint density at radius 3 is 1.70 bits per heavy atom. The van der Waals surface area contributed by atoms with E-state index in [9.17, 15) is 22.0 Å². The van der Waals surface area contributed by atoms with Gasteiger partial charge in [0.05, 0.1) is 0 Å². The highest BCUT2D eigenvalue weighted by Crippen LogP contribution is 2.36. The van der Waals surface area contributed by atoms with Gasteiger partial charge in [-0.25, -0.2) is 13.2 Å². The molecule has 0 aliphatic heterocycles. The molecule has 0 radical (unpaired) electrons. The largest absolute Gasteiger partial charge is 0.347 e. The molecule has 0 amide bonds. The number of hydrogen-bond donors (Lipinski definition) is 1. The van der Waals surface area contributed by atoms with Gasteiger partial charge in [0.2, 0.25) is 5.50 Å². The van der Waals surface area contributed by atoms with E-state index in [-0.39, 0.29) is 10.8 Å². The van der Waals surface area contributed by atoms with E-state index in [1.54, 1.807) is 0 Å². The first-order valence-corrected chi connectivity index (χ1v) is 3.96. The van der Waals surface area contributed by atoms with Gasteiger partial charge in [-0.2, -0.15) is 8.78 Å². The fourth-order valence-corrected chi connectivity index (χ4v) is 0.834. The van der Waals surface area contributed by atoms with Crippen LogP contribution in [-0.2, 0) is 0 Å². The number of thiol groups is 1. The van der Waals surface area contributed by atoms with E-state index in [0.29, 0.717) is 0 Å². The molecule has 0 aliphatic rings. The van der Waals surface area contributed by atoms with Crippen LogP contribution in [0.5, 0.6) is 0 Å². The van der Waals surface area contributed by atoms with E-state index in [4.69, 9.17) is 0 Å². The van der Waals surface area contributed by atoms with Gasteiger partial charge in [0, 0.05) is 0 Å². The quantitative estimate of drug-likeness (QED) is 0.413. The van der Waals surface area contributed by atoms with Crippen molar-refractivity contribution in [1.82, 2.24) is 0 Å². The molecule has 0 saturated carbocycles. The molecular weight excluding hydrogens is 195 g/mol. The van der Waals surface area contributed by atoms with Gasteiger partial charge in [0.15, 0.2) is 0 Å². The number of halogens is 5. The summed E-state index contributed by atoms with van der Waals surface area (Å²) < 4.78 is 57.7. The third kappa shape index (κ3) is 2.19. The highest BCUT2D eigenvalue weighted by molar-refractivity contribution is 8.68. The van der Waals surface area contributed by atoms with E-state index in [1.807, 2.05) is 0 Å². The predicted octanol–water partition coefficient (Wildman–Crippen LogP) is 2.76. The molecular formula is C3H3F5S2. The minimum absolute atomic E-state index is 0.242. The molecule has 62 valence electrons. The zero-order chi connectivity index (χ0) is 8.36. The Kier molecular flexibility index (Phi) is 3.79. The number of alkyl halides is 5. The summed E-state index contributed by atoms with van der Waals surface area (Å²) in [5, 5.41) is 0. The highest BCUT2D eigenvalue weighted by atomic mass is 33.1. The summed E-state index contributed by atoms with van der Waals surface area (Å²) in [5.74, 6) is -4.60. The maximum Gasteiger partial charge on any atom is 0.347 e. The van der Waals surface area contributed by atoms with E-state index in [2.05, 4.69) is 11.7 Å². The van der Waals surface area contributed by atoms with Crippen molar-refractivity contribution in [2.45, 2.75) is 17.9 Å². The minimum atomic E-state index is -4.60. The fraction of sp³-hybridized carbons (Fsp3) is 1.00. The van der Waals surface area contributed by atoms with Crippen LogP contribution in [-0.4, -0.2) is 17.9 Å². The van der Waals surface area contributed by atoms with Crippen LogP contribution in [0.3, 0.4) is 0 Å². The summed E-state index contributed by atoms with van der Waals surface area (Å²) in [6.45, 7) is 0. The summed E-state index contributed by atoms with van der Waals surface area (Å²) in [5.41, 5.74) is -2.96. The lowest BCUT2D eigenvalue weighted by Gasteiger charge is -2.16. The monoisotopic (exact) mass is 198 g/mol. The van der Waals surface area contributed by atoms with Crippen LogP contribution in [0.4, 0.5) is 22.0 Å². The molecule has 1 unspecified atom stereocenters. The lowest BCUT2D eigenvalue weighted by molar-refractivity contribution is -0.148. The first-order chi connectivity index (χ1) is 4.42. The average Bonchev–Trinajstić information content (AvgIpc) is 1.86. The molecule has 0 fully saturated rings. The zero-order valence-corrected chi connectivity index (χ0v) is 6.11. The Hall–Kier alpha value is 0.350. The minimum Gasteiger partial charge on any atom is -0.228 e. The Balaban J connectivity index is 4.09. The standard InChI is InChI=1S/C3H3F5S2/c4-1(5)3(7,8)2(6)10-9/h1-2,9H. The molecule has 0 nitrogen and oxygen atoms in total. The first kappa shape index (κ1) is 10.3. The molecule has 1 atom stereocenters. The second kappa shape index (κ2) is 3.66. The molecule has 10 heavy (non-hydrogen) atoms. The van der Waals surface area contributed by atoms with E-state index in [1.165, 1.54) is 0 Å². The molecule has 0 aromatic rings. The molecule has 0 N–H and O–H groups in total. The van der Waals surface area contributed by atoms with Gasteiger partial charge in [0.1, 0.15) is 0 Å². The highest BCUT2D eigenvalue weighted by Gasteiger charge is 2.49. The van der Waals surface area contributed by atoms with E-state index >= 15 is 0 Å². The zero-order valence-electron chi connectivity index (χ0n) is 4.40. The second-order valence-electron chi connectivity index (χ2n) is 1.40. The lowest BCUT2D eigenvalue weighted by atomic mass is 10.4. The Bertz CT molecular complexity index is 105. The summed E-state index contributed by atoms with van der Waals surface area (Å²) in [7, 11) is -0.242. The molecule has 0 aromatic carbocycles. The van der Waals surface area contributed by atoms with Gasteiger partial charge in [-0.15, -0.1) is 11.7 Å². The smallest absolute Gasteiger partial charge is 0.228 e. The average molecular weight is 198 g/mol. The van der Waals surface area contributed by atoms with E-state index in [0.717, 1.165) is 0 Å². The Morgan fingerprint density at radius 1 is 1.20 bits per heavy atom. The van der Waals surface area contributed by atoms with Crippen LogP contribution < -0.4 is 0 Å². The van der Waals surface area contributed by atoms with Gasteiger partial charge in [-0.1, -0.05) is 10.8 Å². The topological polar surface area (TPSA) is 0 Å². The van der Waals surface area contributed by atoms with Crippen molar-refractivity contribution in [3.8, 4) is 0 Å². The predicted molar refractivity (Wildman–Crippen MR) is 32.4 cm³/mol. The van der Waals surface area contributed by atoms with E-state index < -0.39 is 17.9 Å². The third-order valence-corrected chi connectivity index (χ3v) is 1.74. The maximum atomic E-state index is 11.8. The van der Waals surface area contributed by atoms with Crippen LogP contribution in [0.2, 0.25) is 0 Å². The van der Waals surface area contributed by atoms with Gasteiger partial charge < -0.3 is 0 Å². The van der Waals surface area contributed by atoms with Crippen LogP contribution in [0.15, 0.2) is 0 Å². The molecule has 0 heterocycles. The van der Waals surface area contributed by atoms with Crippen molar-refractivity contribution in [1.29, 1.82) is 0 Å². The lowest BCUT2D eigenvalue weighted by Crippen LogP contribution is -2.34. The molecule has 0 bridgehead atoms. The van der Waals surface area contributed by atoms with Gasteiger partial charge in [-0.05, 0) is 0 Å². The van der Waals surface area contributed by atoms with Crippen molar-refractivity contribution in [3.05, 3.63) is 0 Å². The molecule has 7 heteroatoms. The first-order valence-electron chi connectivity index (χ1n) is 2.03. The fourth-order valence-electron chi connectivity index (χ4n) is 0.169. The van der Waals surface area contributed by atoms with Crippen molar-refractivity contribution >= 4 is 22.5 Å². The summed E-state index contributed by atoms with van der Waals surface area (Å²) in [6.07, 6.45) is -3.98. The summed E-state index contributed by atoms with van der Waals surface area (Å²) in [6, 6.07) is 0. The van der Waals surface area contributed by atoms with Gasteiger partial charge in [0.25, 0.3) is 0 Å². The molecule has 0 aromatic heterocycles. The summed E-state index contributed by atoms with van der Waals surface area (Å²) >= 11 is 3.03. The van der Waals surface area contributed by atoms with Crippen LogP contribution in [0.25, 0.3) is 0 Å². The molecule has 0 aliphatic carbocycles. The van der Waals surface area contributed by atoms with Crippen molar-refractivity contribution in [3.63, 3.8) is 0 Å². The molecule has 0 saturated heterocycles.